The fraction of sp³-hybridized carbons (Fsp3) is 0.727. The van der Waals surface area contributed by atoms with Gasteiger partial charge in [0.15, 0.2) is 0 Å². The highest BCUT2D eigenvalue weighted by Crippen LogP contribution is 2.40. The van der Waals surface area contributed by atoms with Crippen molar-refractivity contribution >= 4 is 8.58 Å². The Morgan fingerprint density at radius 1 is 0.783 bits per heavy atom. The average molecular weight is 330 g/mol. The lowest BCUT2D eigenvalue weighted by Crippen LogP contribution is -2.15. The van der Waals surface area contributed by atoms with E-state index in [4.69, 9.17) is 0 Å². The van der Waals surface area contributed by atoms with Crippen LogP contribution in [0.25, 0.3) is 0 Å². The van der Waals surface area contributed by atoms with Gasteiger partial charge in [-0.25, -0.2) is 0 Å². The van der Waals surface area contributed by atoms with Crippen LogP contribution in [0.3, 0.4) is 0 Å². The lowest BCUT2D eigenvalue weighted by molar-refractivity contribution is 0.308. The second-order valence-electron chi connectivity index (χ2n) is 8.01. The third kappa shape index (κ3) is 4.60. The Kier molecular flexibility index (Phi) is 6.58. The summed E-state index contributed by atoms with van der Waals surface area (Å²) in [6, 6.07) is 9.86. The van der Waals surface area contributed by atoms with Crippen LogP contribution < -0.4 is 0 Å². The van der Waals surface area contributed by atoms with Crippen LogP contribution in [0.4, 0.5) is 0 Å². The standard InChI is InChI=1S/C22H35P/c1-3-4-17-5-7-18(8-6-17)19-9-11-20(12-10-19)21-13-15-22(23-2)16-14-21/h9-12,17-18,21-23H,3-8,13-16H2,1-2H3. The topological polar surface area (TPSA) is 0 Å². The van der Waals surface area contributed by atoms with Gasteiger partial charge in [0.05, 0.1) is 0 Å². The van der Waals surface area contributed by atoms with Gasteiger partial charge in [0.25, 0.3) is 0 Å². The zero-order valence-electron chi connectivity index (χ0n) is 15.2. The van der Waals surface area contributed by atoms with E-state index < -0.39 is 0 Å². The lowest BCUT2D eigenvalue weighted by atomic mass is 9.76. The number of hydrogen-bond donors (Lipinski definition) is 0. The third-order valence-electron chi connectivity index (χ3n) is 6.56. The van der Waals surface area contributed by atoms with E-state index in [1.165, 1.54) is 64.2 Å². The van der Waals surface area contributed by atoms with Gasteiger partial charge in [0.2, 0.25) is 0 Å². The first-order valence-electron chi connectivity index (χ1n) is 10.1. The molecule has 0 spiro atoms. The molecular weight excluding hydrogens is 295 g/mol. The predicted molar refractivity (Wildman–Crippen MR) is 105 cm³/mol. The molecule has 1 heteroatoms. The highest BCUT2D eigenvalue weighted by atomic mass is 31.1. The lowest BCUT2D eigenvalue weighted by Gasteiger charge is -2.30. The highest BCUT2D eigenvalue weighted by Gasteiger charge is 2.23. The molecule has 0 aromatic heterocycles. The molecule has 1 aromatic carbocycles. The van der Waals surface area contributed by atoms with Crippen LogP contribution in [0, 0.1) is 5.92 Å². The van der Waals surface area contributed by atoms with Crippen molar-refractivity contribution < 1.29 is 0 Å². The first-order chi connectivity index (χ1) is 11.3. The van der Waals surface area contributed by atoms with Gasteiger partial charge in [-0.05, 0) is 92.6 Å². The summed E-state index contributed by atoms with van der Waals surface area (Å²) in [4.78, 5) is 0. The van der Waals surface area contributed by atoms with E-state index in [1.807, 2.05) is 0 Å². The summed E-state index contributed by atoms with van der Waals surface area (Å²) >= 11 is 0. The molecule has 1 aromatic rings. The number of rotatable bonds is 5. The van der Waals surface area contributed by atoms with Crippen LogP contribution in [-0.2, 0) is 0 Å². The fourth-order valence-electron chi connectivity index (χ4n) is 4.95. The minimum atomic E-state index is 0.842. The van der Waals surface area contributed by atoms with Crippen LogP contribution in [0.1, 0.15) is 94.1 Å². The van der Waals surface area contributed by atoms with E-state index >= 15 is 0 Å². The van der Waals surface area contributed by atoms with Gasteiger partial charge in [-0.3, -0.25) is 0 Å². The van der Waals surface area contributed by atoms with E-state index in [1.54, 1.807) is 11.1 Å². The summed E-state index contributed by atoms with van der Waals surface area (Å²) in [5.74, 6) is 2.70. The normalized spacial score (nSPS) is 32.4. The van der Waals surface area contributed by atoms with Crippen LogP contribution in [-0.4, -0.2) is 12.3 Å². The van der Waals surface area contributed by atoms with Crippen molar-refractivity contribution in [3.8, 4) is 0 Å². The maximum absolute atomic E-state index is 2.47. The second-order valence-corrected chi connectivity index (χ2v) is 9.40. The molecule has 0 aliphatic heterocycles. The zero-order chi connectivity index (χ0) is 16.1. The quantitative estimate of drug-likeness (QED) is 0.505. The van der Waals surface area contributed by atoms with Crippen molar-refractivity contribution in [2.45, 2.75) is 88.6 Å². The summed E-state index contributed by atoms with van der Waals surface area (Å²) in [6.45, 7) is 4.72. The van der Waals surface area contributed by atoms with Gasteiger partial charge in [-0.1, -0.05) is 44.0 Å². The fourth-order valence-corrected chi connectivity index (χ4v) is 5.86. The van der Waals surface area contributed by atoms with E-state index in [0.29, 0.717) is 0 Å². The van der Waals surface area contributed by atoms with Crippen LogP contribution in [0.5, 0.6) is 0 Å². The van der Waals surface area contributed by atoms with Gasteiger partial charge >= 0.3 is 0 Å². The molecule has 2 fully saturated rings. The summed E-state index contributed by atoms with van der Waals surface area (Å²) in [6.07, 6.45) is 14.4. The highest BCUT2D eigenvalue weighted by molar-refractivity contribution is 7.37. The molecule has 0 radical (unpaired) electrons. The minimum Gasteiger partial charge on any atom is -0.122 e. The molecule has 3 rings (SSSR count). The molecule has 0 amide bonds. The Morgan fingerprint density at radius 2 is 1.26 bits per heavy atom. The van der Waals surface area contributed by atoms with E-state index in [0.717, 1.165) is 32.0 Å². The van der Waals surface area contributed by atoms with Gasteiger partial charge in [0.1, 0.15) is 0 Å². The van der Waals surface area contributed by atoms with Crippen molar-refractivity contribution in [2.75, 3.05) is 6.66 Å². The molecule has 0 heterocycles. The molecule has 1 atom stereocenters. The molecule has 1 unspecified atom stereocenters. The Morgan fingerprint density at radius 3 is 1.70 bits per heavy atom. The molecule has 2 saturated carbocycles. The monoisotopic (exact) mass is 330 g/mol. The maximum Gasteiger partial charge on any atom is -0.0162 e. The first kappa shape index (κ1) is 17.5. The van der Waals surface area contributed by atoms with Gasteiger partial charge in [0, 0.05) is 0 Å². The van der Waals surface area contributed by atoms with Crippen molar-refractivity contribution in [3.63, 3.8) is 0 Å². The molecule has 0 saturated heterocycles. The largest absolute Gasteiger partial charge is 0.122 e. The maximum atomic E-state index is 2.47. The van der Waals surface area contributed by atoms with Crippen LogP contribution in [0.15, 0.2) is 24.3 Å². The van der Waals surface area contributed by atoms with Gasteiger partial charge < -0.3 is 0 Å². The summed E-state index contributed by atoms with van der Waals surface area (Å²) < 4.78 is 0. The molecule has 128 valence electrons. The Balaban J connectivity index is 1.53. The molecular formula is C22H35P. The SMILES string of the molecule is CCCC1CCC(c2ccc(C3CCC(PC)CC3)cc2)CC1. The average Bonchev–Trinajstić information content (AvgIpc) is 2.63. The van der Waals surface area contributed by atoms with Gasteiger partial charge in [-0.15, -0.1) is 8.58 Å². The molecule has 0 nitrogen and oxygen atoms in total. The Labute approximate surface area is 145 Å². The van der Waals surface area contributed by atoms with Crippen LogP contribution in [0.2, 0.25) is 0 Å². The number of benzene rings is 1. The Bertz CT molecular complexity index is 447. The van der Waals surface area contributed by atoms with E-state index in [9.17, 15) is 0 Å². The molecule has 2 aliphatic carbocycles. The van der Waals surface area contributed by atoms with Gasteiger partial charge in [-0.2, -0.15) is 0 Å². The molecule has 0 bridgehead atoms. The van der Waals surface area contributed by atoms with Crippen molar-refractivity contribution in [1.82, 2.24) is 0 Å². The molecule has 0 N–H and O–H groups in total. The second kappa shape index (κ2) is 8.66. The Hall–Kier alpha value is -0.350. The van der Waals surface area contributed by atoms with E-state index in [-0.39, 0.29) is 0 Å². The zero-order valence-corrected chi connectivity index (χ0v) is 16.2. The summed E-state index contributed by atoms with van der Waals surface area (Å²) in [5.41, 5.74) is 4.27. The predicted octanol–water partition coefficient (Wildman–Crippen LogP) is 7.10. The smallest absolute Gasteiger partial charge is 0.0162 e. The first-order valence-corrected chi connectivity index (χ1v) is 11.6. The van der Waals surface area contributed by atoms with Crippen molar-refractivity contribution in [2.24, 2.45) is 5.92 Å². The van der Waals surface area contributed by atoms with Crippen LogP contribution >= 0.6 is 8.58 Å². The molecule has 23 heavy (non-hydrogen) atoms. The number of hydrogen-bond acceptors (Lipinski definition) is 0. The van der Waals surface area contributed by atoms with Crippen molar-refractivity contribution in [3.05, 3.63) is 35.4 Å². The summed E-state index contributed by atoms with van der Waals surface area (Å²) in [7, 11) is 1.15. The molecule has 2 aliphatic rings. The summed E-state index contributed by atoms with van der Waals surface area (Å²) in [5, 5.41) is 0. The van der Waals surface area contributed by atoms with Crippen molar-refractivity contribution in [1.29, 1.82) is 0 Å². The minimum absolute atomic E-state index is 0.842. The third-order valence-corrected chi connectivity index (χ3v) is 7.95. The van der Waals surface area contributed by atoms with E-state index in [2.05, 4.69) is 37.9 Å².